The van der Waals surface area contributed by atoms with E-state index in [2.05, 4.69) is 13.8 Å². The number of hydrogen-bond donors (Lipinski definition) is 0. The summed E-state index contributed by atoms with van der Waals surface area (Å²) in [6.07, 6.45) is 8.62. The number of carbonyl (C=O) groups excluding carboxylic acids is 2. The molecule has 0 heterocycles. The first-order chi connectivity index (χ1) is 11.2. The van der Waals surface area contributed by atoms with Gasteiger partial charge in [0.05, 0.1) is 0 Å². The Morgan fingerprint density at radius 2 is 1.78 bits per heavy atom. The minimum Gasteiger partial charge on any atom is -0.300 e. The minimum atomic E-state index is -0.532. The molecule has 4 rings (SSSR count). The summed E-state index contributed by atoms with van der Waals surface area (Å²) >= 11 is 0. The monoisotopic (exact) mass is 317 g/mol. The van der Waals surface area contributed by atoms with Crippen molar-refractivity contribution in [3.8, 4) is 0 Å². The number of ketones is 2. The van der Waals surface area contributed by atoms with Crippen LogP contribution >= 0.6 is 0 Å². The normalized spacial score (nSPS) is 56.3. The smallest absolute Gasteiger partial charge is 0.133 e. The van der Waals surface area contributed by atoms with Crippen molar-refractivity contribution in [2.24, 2.45) is 40.4 Å². The molecular formula is C21H32O2. The van der Waals surface area contributed by atoms with Crippen LogP contribution < -0.4 is 0 Å². The second-order valence-corrected chi connectivity index (χ2v) is 9.44. The zero-order valence-electron chi connectivity index (χ0n) is 16.0. The van der Waals surface area contributed by atoms with Gasteiger partial charge in [0.1, 0.15) is 11.6 Å². The Kier molecular flexibility index (Phi) is 3.29. The van der Waals surface area contributed by atoms with Crippen molar-refractivity contribution in [1.82, 2.24) is 0 Å². The minimum absolute atomic E-state index is 0.000529. The largest absolute Gasteiger partial charge is 0.300 e. The lowest BCUT2D eigenvalue weighted by molar-refractivity contribution is -0.143. The first-order valence-corrected chi connectivity index (χ1v) is 9.73. The highest BCUT2D eigenvalue weighted by atomic mass is 16.1. The van der Waals surface area contributed by atoms with Gasteiger partial charge in [-0.2, -0.15) is 0 Å². The quantitative estimate of drug-likeness (QED) is 0.696. The molecule has 2 heteroatoms. The Morgan fingerprint density at radius 3 is 2.52 bits per heavy atom. The number of hydrogen-bond acceptors (Lipinski definition) is 2. The van der Waals surface area contributed by atoms with E-state index in [9.17, 15) is 9.59 Å². The van der Waals surface area contributed by atoms with Crippen LogP contribution in [-0.4, -0.2) is 11.6 Å². The molecule has 0 radical (unpaired) electrons. The zero-order valence-corrected chi connectivity index (χ0v) is 15.0. The summed E-state index contributed by atoms with van der Waals surface area (Å²) in [5.41, 5.74) is 0.190. The van der Waals surface area contributed by atoms with Gasteiger partial charge in [0, 0.05) is 20.1 Å². The molecule has 0 aromatic rings. The van der Waals surface area contributed by atoms with Crippen molar-refractivity contribution < 1.29 is 11.0 Å². The Morgan fingerprint density at radius 1 is 1.04 bits per heavy atom. The lowest BCUT2D eigenvalue weighted by Crippen LogP contribution is -2.53. The molecule has 0 N–H and O–H groups in total. The molecule has 0 spiro atoms. The number of fused-ring (bicyclic) bond motifs is 5. The Balaban J connectivity index is 1.66. The summed E-state index contributed by atoms with van der Waals surface area (Å²) < 4.78 is 9.10. The van der Waals surface area contributed by atoms with Gasteiger partial charge in [0.25, 0.3) is 0 Å². The average Bonchev–Trinajstić information content (AvgIpc) is 2.86. The van der Waals surface area contributed by atoms with Crippen molar-refractivity contribution in [3.05, 3.63) is 0 Å². The van der Waals surface area contributed by atoms with E-state index < -0.39 is 5.89 Å². The van der Waals surface area contributed by atoms with Gasteiger partial charge in [-0.25, -0.2) is 0 Å². The van der Waals surface area contributed by atoms with E-state index in [1.165, 1.54) is 6.42 Å². The summed E-state index contributed by atoms with van der Waals surface area (Å²) in [5.74, 6) is 2.33. The topological polar surface area (TPSA) is 34.1 Å². The van der Waals surface area contributed by atoms with Gasteiger partial charge >= 0.3 is 0 Å². The molecule has 0 aromatic carbocycles. The molecule has 4 aliphatic rings. The Hall–Kier alpha value is -0.660. The van der Waals surface area contributed by atoms with Crippen LogP contribution in [0, 0.1) is 40.4 Å². The summed E-state index contributed by atoms with van der Waals surface area (Å²) in [4.78, 5) is 24.2. The van der Waals surface area contributed by atoms with Crippen molar-refractivity contribution >= 4 is 11.6 Å². The second-order valence-electron chi connectivity index (χ2n) is 9.44. The van der Waals surface area contributed by atoms with Crippen molar-refractivity contribution in [2.75, 3.05) is 0 Å². The molecule has 23 heavy (non-hydrogen) atoms. The molecular weight excluding hydrogens is 284 g/mol. The predicted octanol–water partition coefficient (Wildman–Crippen LogP) is 4.80. The summed E-state index contributed by atoms with van der Waals surface area (Å²) in [6, 6.07) is 0. The van der Waals surface area contributed by atoms with E-state index in [1.807, 2.05) is 0 Å². The third-order valence-corrected chi connectivity index (χ3v) is 8.67. The number of rotatable bonds is 1. The van der Waals surface area contributed by atoms with Gasteiger partial charge in [-0.3, -0.25) is 9.59 Å². The van der Waals surface area contributed by atoms with Crippen molar-refractivity contribution in [1.29, 1.82) is 0 Å². The highest BCUT2D eigenvalue weighted by Gasteiger charge is 2.60. The van der Waals surface area contributed by atoms with Crippen LogP contribution in [0.2, 0.25) is 0 Å². The molecule has 128 valence electrons. The summed E-state index contributed by atoms with van der Waals surface area (Å²) in [6.45, 7) is 6.49. The van der Waals surface area contributed by atoms with Crippen molar-refractivity contribution in [3.63, 3.8) is 0 Å². The van der Waals surface area contributed by atoms with Crippen molar-refractivity contribution in [2.45, 2.75) is 78.6 Å². The molecule has 4 fully saturated rings. The fourth-order valence-electron chi connectivity index (χ4n) is 7.42. The Labute approximate surface area is 142 Å². The van der Waals surface area contributed by atoms with Crippen LogP contribution in [0.4, 0.5) is 0 Å². The van der Waals surface area contributed by atoms with E-state index in [0.29, 0.717) is 42.2 Å². The van der Waals surface area contributed by atoms with Gasteiger partial charge in [-0.15, -0.1) is 0 Å². The molecule has 2 nitrogen and oxygen atoms in total. The van der Waals surface area contributed by atoms with E-state index in [4.69, 9.17) is 1.37 Å². The fraction of sp³-hybridized carbons (Fsp3) is 0.905. The Bertz CT molecular complexity index is 586. The average molecular weight is 317 g/mol. The standard InChI is InChI=1S/C21H32O2/c1-13(22)17-6-7-18-16-5-4-14-12-15(23)8-10-20(14,2)19(16)9-11-21(17,18)3/h14,16-19H,4-12H2,1-3H3/t14-,16+,17-,18+,19+,20+,21-/m1/s1/i14D. The lowest BCUT2D eigenvalue weighted by atomic mass is 9.44. The molecule has 0 saturated heterocycles. The highest BCUT2D eigenvalue weighted by molar-refractivity contribution is 5.80. The summed E-state index contributed by atoms with van der Waals surface area (Å²) in [5, 5.41) is 0. The van der Waals surface area contributed by atoms with Crippen LogP contribution in [-0.2, 0) is 9.59 Å². The maximum atomic E-state index is 12.2. The number of Topliss-reactive ketones (excluding diaryl/α,β-unsaturated/α-hetero) is 2. The van der Waals surface area contributed by atoms with E-state index in [0.717, 1.165) is 38.5 Å². The molecule has 4 saturated carbocycles. The van der Waals surface area contributed by atoms with Crippen LogP contribution in [0.5, 0.6) is 0 Å². The molecule has 0 amide bonds. The van der Waals surface area contributed by atoms with Gasteiger partial charge in [-0.05, 0) is 86.3 Å². The zero-order chi connectivity index (χ0) is 17.3. The molecule has 7 atom stereocenters. The maximum Gasteiger partial charge on any atom is 0.133 e. The van der Waals surface area contributed by atoms with Crippen LogP contribution in [0.25, 0.3) is 0 Å². The maximum absolute atomic E-state index is 12.2. The fourth-order valence-corrected chi connectivity index (χ4v) is 7.42. The van der Waals surface area contributed by atoms with Gasteiger partial charge in [0.2, 0.25) is 0 Å². The lowest BCUT2D eigenvalue weighted by Gasteiger charge is -2.60. The van der Waals surface area contributed by atoms with E-state index in [-0.39, 0.29) is 16.7 Å². The summed E-state index contributed by atoms with van der Waals surface area (Å²) in [7, 11) is 0. The third-order valence-electron chi connectivity index (χ3n) is 8.67. The van der Waals surface area contributed by atoms with Gasteiger partial charge in [0.15, 0.2) is 0 Å². The van der Waals surface area contributed by atoms with Gasteiger partial charge in [-0.1, -0.05) is 13.8 Å². The first-order valence-electron chi connectivity index (χ1n) is 10.2. The molecule has 0 bridgehead atoms. The second kappa shape index (κ2) is 5.17. The van der Waals surface area contributed by atoms with Gasteiger partial charge < -0.3 is 0 Å². The molecule has 4 aliphatic carbocycles. The highest BCUT2D eigenvalue weighted by Crippen LogP contribution is 2.67. The van der Waals surface area contributed by atoms with Crippen LogP contribution in [0.15, 0.2) is 0 Å². The first kappa shape index (κ1) is 14.7. The SMILES string of the molecule is [2H][C@]12CC[C@H]3[C@@H]4CC[C@H](C(C)=O)[C@@]4(C)CC[C@@H]3[C@@]1(C)CCC(=O)C2. The predicted molar refractivity (Wildman–Crippen MR) is 90.9 cm³/mol. The molecule has 0 unspecified atom stereocenters. The van der Waals surface area contributed by atoms with Crippen LogP contribution in [0.3, 0.4) is 0 Å². The third kappa shape index (κ3) is 2.12. The van der Waals surface area contributed by atoms with E-state index >= 15 is 0 Å². The molecule has 0 aromatic heterocycles. The number of carbonyl (C=O) groups is 2. The molecule has 0 aliphatic heterocycles. The van der Waals surface area contributed by atoms with E-state index in [1.54, 1.807) is 6.92 Å². The van der Waals surface area contributed by atoms with Crippen LogP contribution in [0.1, 0.15) is 79.9 Å².